The number of aliphatic hydroxyl groups excluding tert-OH is 1. The van der Waals surface area contributed by atoms with Crippen LogP contribution in [0, 0.1) is 35.5 Å². The molecule has 7 unspecified atom stereocenters. The van der Waals surface area contributed by atoms with Gasteiger partial charge in [-0.15, -0.1) is 0 Å². The second-order valence-electron chi connectivity index (χ2n) is 10.5. The number of rotatable bonds is 5. The number of hydrogen-bond donors (Lipinski definition) is 1. The van der Waals surface area contributed by atoms with E-state index in [1.165, 1.54) is 33.1 Å². The third kappa shape index (κ3) is 8.95. The van der Waals surface area contributed by atoms with Crippen LogP contribution >= 0.6 is 0 Å². The number of hydrogen-bond acceptors (Lipinski definition) is 5. The van der Waals surface area contributed by atoms with Crippen molar-refractivity contribution >= 4 is 11.9 Å². The summed E-state index contributed by atoms with van der Waals surface area (Å²) >= 11 is 0. The zero-order chi connectivity index (χ0) is 23.0. The summed E-state index contributed by atoms with van der Waals surface area (Å²) in [4.78, 5) is 22.4. The van der Waals surface area contributed by atoms with Crippen molar-refractivity contribution in [2.24, 2.45) is 35.5 Å². The standard InChI is InChI=1S/C13H24O3.C12H22O2/c1-8(2)11-6-5-9(3)7-12(11)16-13(15)10(4)14;1-8(2)11-6-5-9(3)7-12(11)14-10(4)13/h8-12,14H,5-7H2,1-4H3;8-9,11-12H,5-7H2,1-4H3. The van der Waals surface area contributed by atoms with Crippen molar-refractivity contribution in [3.8, 4) is 0 Å². The third-order valence-corrected chi connectivity index (χ3v) is 6.85. The molecule has 30 heavy (non-hydrogen) atoms. The maximum Gasteiger partial charge on any atom is 0.334 e. The average molecular weight is 427 g/mol. The molecule has 1 N–H and O–H groups in total. The molecule has 2 aliphatic rings. The van der Waals surface area contributed by atoms with E-state index in [4.69, 9.17) is 14.6 Å². The van der Waals surface area contributed by atoms with Crippen LogP contribution < -0.4 is 0 Å². The van der Waals surface area contributed by atoms with E-state index < -0.39 is 12.1 Å². The molecule has 176 valence electrons. The first-order valence-corrected chi connectivity index (χ1v) is 12.0. The van der Waals surface area contributed by atoms with E-state index in [2.05, 4.69) is 41.5 Å². The zero-order valence-electron chi connectivity index (χ0n) is 20.5. The molecule has 2 rings (SSSR count). The molecule has 0 aromatic carbocycles. The molecule has 0 saturated heterocycles. The Kier molecular flexibility index (Phi) is 11.4. The van der Waals surface area contributed by atoms with E-state index in [1.54, 1.807) is 0 Å². The Morgan fingerprint density at radius 3 is 1.50 bits per heavy atom. The Balaban J connectivity index is 0.000000303. The fourth-order valence-electron chi connectivity index (χ4n) is 4.96. The van der Waals surface area contributed by atoms with Gasteiger partial charge in [0.25, 0.3) is 0 Å². The molecule has 5 heteroatoms. The second kappa shape index (κ2) is 12.7. The Bertz CT molecular complexity index is 528. The molecule has 0 radical (unpaired) electrons. The molecule has 2 aliphatic carbocycles. The van der Waals surface area contributed by atoms with Crippen LogP contribution in [0.5, 0.6) is 0 Å². The number of carbonyl (C=O) groups excluding carboxylic acids is 2. The van der Waals surface area contributed by atoms with Crippen molar-refractivity contribution in [3.63, 3.8) is 0 Å². The van der Waals surface area contributed by atoms with Crippen LogP contribution in [0.3, 0.4) is 0 Å². The number of aliphatic hydroxyl groups is 1. The summed E-state index contributed by atoms with van der Waals surface area (Å²) in [5.74, 6) is 2.86. The molecule has 0 aromatic heterocycles. The molecule has 5 nitrogen and oxygen atoms in total. The van der Waals surface area contributed by atoms with Crippen LogP contribution in [0.1, 0.15) is 93.9 Å². The second-order valence-corrected chi connectivity index (χ2v) is 10.5. The quantitative estimate of drug-likeness (QED) is 0.597. The SMILES string of the molecule is CC(=O)OC1CC(C)CCC1C(C)C.CC1CCC(C(C)C)C(OC(=O)C(C)O)C1. The van der Waals surface area contributed by atoms with Gasteiger partial charge in [0, 0.05) is 6.92 Å². The van der Waals surface area contributed by atoms with Crippen LogP contribution in [0.25, 0.3) is 0 Å². The minimum Gasteiger partial charge on any atom is -0.462 e. The summed E-state index contributed by atoms with van der Waals surface area (Å²) < 4.78 is 10.8. The van der Waals surface area contributed by atoms with Crippen molar-refractivity contribution in [1.29, 1.82) is 0 Å². The van der Waals surface area contributed by atoms with Gasteiger partial charge in [0.1, 0.15) is 18.3 Å². The van der Waals surface area contributed by atoms with E-state index in [1.807, 2.05) is 0 Å². The molecular weight excluding hydrogens is 380 g/mol. The van der Waals surface area contributed by atoms with Crippen molar-refractivity contribution in [1.82, 2.24) is 0 Å². The first kappa shape index (κ1) is 26.9. The molecule has 0 aromatic rings. The lowest BCUT2D eigenvalue weighted by atomic mass is 9.75. The molecule has 2 fully saturated rings. The summed E-state index contributed by atoms with van der Waals surface area (Å²) in [5, 5.41) is 9.17. The van der Waals surface area contributed by atoms with Gasteiger partial charge in [-0.1, -0.05) is 54.4 Å². The summed E-state index contributed by atoms with van der Waals surface area (Å²) in [6.07, 6.45) is 5.94. The van der Waals surface area contributed by atoms with Crippen molar-refractivity contribution in [2.75, 3.05) is 0 Å². The largest absolute Gasteiger partial charge is 0.462 e. The van der Waals surface area contributed by atoms with Gasteiger partial charge in [-0.2, -0.15) is 0 Å². The van der Waals surface area contributed by atoms with Crippen LogP contribution in [-0.2, 0) is 19.1 Å². The van der Waals surface area contributed by atoms with Gasteiger partial charge in [0.05, 0.1) is 0 Å². The van der Waals surface area contributed by atoms with Gasteiger partial charge in [-0.25, -0.2) is 4.79 Å². The summed E-state index contributed by atoms with van der Waals surface area (Å²) in [6, 6.07) is 0. The topological polar surface area (TPSA) is 72.8 Å². The highest BCUT2D eigenvalue weighted by atomic mass is 16.6. The predicted molar refractivity (Wildman–Crippen MR) is 120 cm³/mol. The Morgan fingerprint density at radius 2 is 1.17 bits per heavy atom. The highest BCUT2D eigenvalue weighted by Crippen LogP contribution is 2.36. The van der Waals surface area contributed by atoms with Gasteiger partial charge in [0.2, 0.25) is 0 Å². The molecule has 2 saturated carbocycles. The van der Waals surface area contributed by atoms with Crippen LogP contribution in [0.2, 0.25) is 0 Å². The van der Waals surface area contributed by atoms with Gasteiger partial charge >= 0.3 is 11.9 Å². The zero-order valence-corrected chi connectivity index (χ0v) is 20.5. The number of ether oxygens (including phenoxy) is 2. The van der Waals surface area contributed by atoms with E-state index in [9.17, 15) is 9.59 Å². The van der Waals surface area contributed by atoms with Crippen molar-refractivity contribution < 1.29 is 24.2 Å². The summed E-state index contributed by atoms with van der Waals surface area (Å²) in [5.41, 5.74) is 0. The normalized spacial score (nSPS) is 32.8. The molecule has 0 amide bonds. The van der Waals surface area contributed by atoms with E-state index in [0.29, 0.717) is 35.5 Å². The summed E-state index contributed by atoms with van der Waals surface area (Å²) in [6.45, 7) is 16.2. The lowest BCUT2D eigenvalue weighted by Crippen LogP contribution is -2.37. The highest BCUT2D eigenvalue weighted by Gasteiger charge is 2.34. The van der Waals surface area contributed by atoms with Crippen molar-refractivity contribution in [2.45, 2.75) is 112 Å². The lowest BCUT2D eigenvalue weighted by Gasteiger charge is -2.36. The van der Waals surface area contributed by atoms with Crippen LogP contribution in [-0.4, -0.2) is 35.4 Å². The first-order chi connectivity index (χ1) is 13.9. The fraction of sp³-hybridized carbons (Fsp3) is 0.920. The van der Waals surface area contributed by atoms with E-state index >= 15 is 0 Å². The fourth-order valence-corrected chi connectivity index (χ4v) is 4.96. The maximum absolute atomic E-state index is 11.4. The van der Waals surface area contributed by atoms with Crippen LogP contribution in [0.4, 0.5) is 0 Å². The first-order valence-electron chi connectivity index (χ1n) is 12.0. The molecule has 0 heterocycles. The maximum atomic E-state index is 11.4. The van der Waals surface area contributed by atoms with Gasteiger partial charge < -0.3 is 14.6 Å². The lowest BCUT2D eigenvalue weighted by molar-refractivity contribution is -0.164. The molecule has 0 bridgehead atoms. The van der Waals surface area contributed by atoms with Gasteiger partial charge in [-0.05, 0) is 68.1 Å². The Hall–Kier alpha value is -1.10. The third-order valence-electron chi connectivity index (χ3n) is 6.85. The minimum atomic E-state index is -1.01. The monoisotopic (exact) mass is 426 g/mol. The smallest absolute Gasteiger partial charge is 0.334 e. The van der Waals surface area contributed by atoms with Crippen LogP contribution in [0.15, 0.2) is 0 Å². The molecule has 0 aliphatic heterocycles. The molecule has 0 spiro atoms. The molecule has 7 atom stereocenters. The Labute approximate surface area is 184 Å². The summed E-state index contributed by atoms with van der Waals surface area (Å²) in [7, 11) is 0. The van der Waals surface area contributed by atoms with E-state index in [0.717, 1.165) is 19.3 Å². The minimum absolute atomic E-state index is 0.00847. The average Bonchev–Trinajstić information content (AvgIpc) is 2.61. The predicted octanol–water partition coefficient (Wildman–Crippen LogP) is 5.38. The number of esters is 2. The van der Waals surface area contributed by atoms with Gasteiger partial charge in [0.15, 0.2) is 0 Å². The highest BCUT2D eigenvalue weighted by molar-refractivity contribution is 5.74. The van der Waals surface area contributed by atoms with Gasteiger partial charge in [-0.3, -0.25) is 4.79 Å². The Morgan fingerprint density at radius 1 is 0.767 bits per heavy atom. The van der Waals surface area contributed by atoms with Crippen molar-refractivity contribution in [3.05, 3.63) is 0 Å². The van der Waals surface area contributed by atoms with E-state index in [-0.39, 0.29) is 18.2 Å². The number of carbonyl (C=O) groups is 2. The molecular formula is C25H46O5.